The molecule has 5 heteroatoms. The molecule has 112 valence electrons. The van der Waals surface area contributed by atoms with Crippen molar-refractivity contribution in [3.63, 3.8) is 0 Å². The molecule has 2 rings (SSSR count). The zero-order valence-electron chi connectivity index (χ0n) is 12.7. The third kappa shape index (κ3) is 3.52. The molecule has 0 bridgehead atoms. The van der Waals surface area contributed by atoms with E-state index in [1.54, 1.807) is 12.3 Å². The molecule has 1 saturated heterocycles. The molecule has 0 aromatic carbocycles. The lowest BCUT2D eigenvalue weighted by molar-refractivity contribution is -0.135. The monoisotopic (exact) mass is 286 g/mol. The van der Waals surface area contributed by atoms with Crippen molar-refractivity contribution in [1.29, 1.82) is 5.26 Å². The van der Waals surface area contributed by atoms with E-state index < -0.39 is 0 Å². The first-order valence-corrected chi connectivity index (χ1v) is 7.59. The fourth-order valence-electron chi connectivity index (χ4n) is 2.79. The van der Waals surface area contributed by atoms with Crippen LogP contribution in [0.2, 0.25) is 0 Å². The number of piperidine rings is 1. The second-order valence-electron chi connectivity index (χ2n) is 5.29. The lowest BCUT2D eigenvalue weighted by Gasteiger charge is -2.34. The number of pyridine rings is 1. The van der Waals surface area contributed by atoms with Crippen molar-refractivity contribution in [3.05, 3.63) is 23.9 Å². The highest BCUT2D eigenvalue weighted by molar-refractivity contribution is 5.79. The maximum absolute atomic E-state index is 12.3. The van der Waals surface area contributed by atoms with Crippen LogP contribution in [0.15, 0.2) is 18.3 Å². The van der Waals surface area contributed by atoms with Gasteiger partial charge in [-0.15, -0.1) is 0 Å². The quantitative estimate of drug-likeness (QED) is 0.850. The first-order chi connectivity index (χ1) is 10.2. The Morgan fingerprint density at radius 1 is 1.38 bits per heavy atom. The van der Waals surface area contributed by atoms with E-state index in [1.165, 1.54) is 0 Å². The summed E-state index contributed by atoms with van der Waals surface area (Å²) in [6, 6.07) is 5.74. The van der Waals surface area contributed by atoms with E-state index in [0.29, 0.717) is 5.56 Å². The Labute approximate surface area is 126 Å². The fraction of sp³-hybridized carbons (Fsp3) is 0.562. The molecule has 1 aromatic heterocycles. The number of hydrogen-bond donors (Lipinski definition) is 0. The topological polar surface area (TPSA) is 60.2 Å². The normalized spacial score (nSPS) is 15.6. The first-order valence-electron chi connectivity index (χ1n) is 7.59. The number of anilines is 1. The van der Waals surface area contributed by atoms with Gasteiger partial charge in [-0.05, 0) is 38.8 Å². The van der Waals surface area contributed by atoms with Gasteiger partial charge in [0.1, 0.15) is 11.9 Å². The maximum atomic E-state index is 12.3. The van der Waals surface area contributed by atoms with Crippen molar-refractivity contribution in [2.75, 3.05) is 31.1 Å². The fourth-order valence-corrected chi connectivity index (χ4v) is 2.79. The van der Waals surface area contributed by atoms with E-state index in [0.717, 1.165) is 44.8 Å². The SMILES string of the molecule is CCN(CC)C(=O)C1CCN(c2ccc(C#N)cn2)CC1. The van der Waals surface area contributed by atoms with Gasteiger partial charge in [0.15, 0.2) is 0 Å². The summed E-state index contributed by atoms with van der Waals surface area (Å²) in [5.41, 5.74) is 0.574. The van der Waals surface area contributed by atoms with Gasteiger partial charge >= 0.3 is 0 Å². The molecule has 1 amide bonds. The summed E-state index contributed by atoms with van der Waals surface area (Å²) in [7, 11) is 0. The summed E-state index contributed by atoms with van der Waals surface area (Å²) in [6.45, 7) is 7.31. The predicted molar refractivity (Wildman–Crippen MR) is 81.8 cm³/mol. The van der Waals surface area contributed by atoms with E-state index in [-0.39, 0.29) is 11.8 Å². The largest absolute Gasteiger partial charge is 0.357 e. The summed E-state index contributed by atoms with van der Waals surface area (Å²) in [5, 5.41) is 8.79. The molecule has 0 N–H and O–H groups in total. The lowest BCUT2D eigenvalue weighted by atomic mass is 9.95. The smallest absolute Gasteiger partial charge is 0.225 e. The molecule has 0 saturated carbocycles. The van der Waals surface area contributed by atoms with Crippen LogP contribution in [0.25, 0.3) is 0 Å². The molecule has 0 unspecified atom stereocenters. The zero-order valence-corrected chi connectivity index (χ0v) is 12.7. The van der Waals surface area contributed by atoms with E-state index in [1.807, 2.05) is 24.8 Å². The van der Waals surface area contributed by atoms with Crippen LogP contribution in [0.4, 0.5) is 5.82 Å². The number of nitriles is 1. The Bertz CT molecular complexity index is 508. The van der Waals surface area contributed by atoms with Gasteiger partial charge in [-0.2, -0.15) is 5.26 Å². The highest BCUT2D eigenvalue weighted by Crippen LogP contribution is 2.23. The Morgan fingerprint density at radius 2 is 2.05 bits per heavy atom. The van der Waals surface area contributed by atoms with E-state index in [2.05, 4.69) is 16.0 Å². The number of carbonyl (C=O) groups excluding carboxylic acids is 1. The summed E-state index contributed by atoms with van der Waals surface area (Å²) in [6.07, 6.45) is 3.34. The molecule has 1 aromatic rings. The summed E-state index contributed by atoms with van der Waals surface area (Å²) in [4.78, 5) is 20.8. The lowest BCUT2D eigenvalue weighted by Crippen LogP contribution is -2.42. The molecule has 1 aliphatic rings. The third-order valence-corrected chi connectivity index (χ3v) is 4.12. The van der Waals surface area contributed by atoms with Crippen LogP contribution in [0.1, 0.15) is 32.3 Å². The zero-order chi connectivity index (χ0) is 15.2. The van der Waals surface area contributed by atoms with Crippen molar-refractivity contribution < 1.29 is 4.79 Å². The Morgan fingerprint density at radius 3 is 2.52 bits per heavy atom. The highest BCUT2D eigenvalue weighted by atomic mass is 16.2. The summed E-state index contributed by atoms with van der Waals surface area (Å²) < 4.78 is 0. The summed E-state index contributed by atoms with van der Waals surface area (Å²) >= 11 is 0. The first kappa shape index (κ1) is 15.3. The maximum Gasteiger partial charge on any atom is 0.225 e. The van der Waals surface area contributed by atoms with Crippen LogP contribution in [-0.4, -0.2) is 42.0 Å². The van der Waals surface area contributed by atoms with Crippen LogP contribution >= 0.6 is 0 Å². The number of amides is 1. The van der Waals surface area contributed by atoms with Crippen LogP contribution in [-0.2, 0) is 4.79 Å². The average molecular weight is 286 g/mol. The second kappa shape index (κ2) is 7.07. The van der Waals surface area contributed by atoms with Crippen molar-refractivity contribution in [2.45, 2.75) is 26.7 Å². The van der Waals surface area contributed by atoms with Gasteiger partial charge in [-0.1, -0.05) is 0 Å². The minimum absolute atomic E-state index is 0.138. The molecule has 0 atom stereocenters. The minimum Gasteiger partial charge on any atom is -0.357 e. The predicted octanol–water partition coefficient (Wildman–Crippen LogP) is 2.04. The number of rotatable bonds is 4. The molecular weight excluding hydrogens is 264 g/mol. The second-order valence-corrected chi connectivity index (χ2v) is 5.29. The molecule has 0 aliphatic carbocycles. The number of nitrogens with zero attached hydrogens (tertiary/aromatic N) is 4. The Kier molecular flexibility index (Phi) is 5.15. The van der Waals surface area contributed by atoms with Crippen molar-refractivity contribution >= 4 is 11.7 Å². The highest BCUT2D eigenvalue weighted by Gasteiger charge is 2.27. The molecule has 5 nitrogen and oxygen atoms in total. The van der Waals surface area contributed by atoms with Crippen molar-refractivity contribution in [1.82, 2.24) is 9.88 Å². The number of carbonyl (C=O) groups is 1. The summed E-state index contributed by atoms with van der Waals surface area (Å²) in [5.74, 6) is 1.31. The Hall–Kier alpha value is -2.09. The van der Waals surface area contributed by atoms with Crippen molar-refractivity contribution in [3.8, 4) is 6.07 Å². The third-order valence-electron chi connectivity index (χ3n) is 4.12. The van der Waals surface area contributed by atoms with E-state index in [9.17, 15) is 4.79 Å². The van der Waals surface area contributed by atoms with Gasteiger partial charge in [0.05, 0.1) is 5.56 Å². The van der Waals surface area contributed by atoms with Gasteiger partial charge in [0.2, 0.25) is 5.91 Å². The number of aromatic nitrogens is 1. The average Bonchev–Trinajstić information content (AvgIpc) is 2.56. The van der Waals surface area contributed by atoms with E-state index in [4.69, 9.17) is 5.26 Å². The van der Waals surface area contributed by atoms with Gasteiger partial charge in [-0.25, -0.2) is 4.98 Å². The minimum atomic E-state index is 0.138. The molecule has 1 fully saturated rings. The molecule has 2 heterocycles. The van der Waals surface area contributed by atoms with Crippen molar-refractivity contribution in [2.24, 2.45) is 5.92 Å². The van der Waals surface area contributed by atoms with Crippen LogP contribution in [0.5, 0.6) is 0 Å². The van der Waals surface area contributed by atoms with E-state index >= 15 is 0 Å². The van der Waals surface area contributed by atoms with Gasteiger partial charge in [0, 0.05) is 38.3 Å². The van der Waals surface area contributed by atoms with Crippen LogP contribution in [0, 0.1) is 17.2 Å². The molecule has 0 spiro atoms. The molecular formula is C16H22N4O. The molecule has 0 radical (unpaired) electrons. The Balaban J connectivity index is 1.93. The van der Waals surface area contributed by atoms with Crippen LogP contribution in [0.3, 0.4) is 0 Å². The van der Waals surface area contributed by atoms with Gasteiger partial charge in [0.25, 0.3) is 0 Å². The molecule has 1 aliphatic heterocycles. The number of hydrogen-bond acceptors (Lipinski definition) is 4. The standard InChI is InChI=1S/C16H22N4O/c1-3-19(4-2)16(21)14-7-9-20(10-8-14)15-6-5-13(11-17)12-18-15/h5-6,12,14H,3-4,7-10H2,1-2H3. The van der Waals surface area contributed by atoms with Gasteiger partial charge < -0.3 is 9.80 Å². The molecule has 21 heavy (non-hydrogen) atoms. The van der Waals surface area contributed by atoms with Gasteiger partial charge in [-0.3, -0.25) is 4.79 Å². The van der Waals surface area contributed by atoms with Crippen LogP contribution < -0.4 is 4.90 Å².